The van der Waals surface area contributed by atoms with Gasteiger partial charge in [0.25, 0.3) is 0 Å². The molecule has 1 rings (SSSR count). The molecule has 0 spiro atoms. The Bertz CT molecular complexity index is 96.3. The second-order valence-electron chi connectivity index (χ2n) is 1.28. The van der Waals surface area contributed by atoms with Crippen molar-refractivity contribution in [2.75, 3.05) is 5.75 Å². The van der Waals surface area contributed by atoms with E-state index in [1.54, 1.807) is 11.8 Å². The molecule has 0 aromatic heterocycles. The molecule has 1 aliphatic heterocycles. The summed E-state index contributed by atoms with van der Waals surface area (Å²) in [6.07, 6.45) is 0.949. The van der Waals surface area contributed by atoms with Crippen molar-refractivity contribution in [3.8, 4) is 0 Å². The third-order valence-corrected chi connectivity index (χ3v) is 2.81. The largest absolute Gasteiger partial charge is 0.112 e. The minimum Gasteiger partial charge on any atom is -0.112 e. The van der Waals surface area contributed by atoms with Gasteiger partial charge < -0.3 is 0 Å². The lowest BCUT2D eigenvalue weighted by Gasteiger charge is -1.80. The number of halogens is 2. The minimum atomic E-state index is 0.779. The monoisotopic (exact) mass is 154 g/mol. The Hall–Kier alpha value is 0.670. The molecule has 3 heteroatoms. The molecular weight excluding hydrogens is 151 g/mol. The van der Waals surface area contributed by atoms with E-state index in [0.717, 1.165) is 21.6 Å². The average Bonchev–Trinajstić information content (AvgIpc) is 1.91. The van der Waals surface area contributed by atoms with Gasteiger partial charge in [0.1, 0.15) is 0 Å². The molecule has 1 aliphatic rings. The van der Waals surface area contributed by atoms with Gasteiger partial charge in [-0.15, -0.1) is 11.8 Å². The van der Waals surface area contributed by atoms with Crippen LogP contribution in [0.4, 0.5) is 0 Å². The number of thioether (sulfide) groups is 1. The maximum Gasteiger partial charge on any atom is 0.0880 e. The van der Waals surface area contributed by atoms with E-state index in [-0.39, 0.29) is 0 Å². The van der Waals surface area contributed by atoms with Crippen molar-refractivity contribution in [1.29, 1.82) is 0 Å². The number of hydrogen-bond acceptors (Lipinski definition) is 1. The van der Waals surface area contributed by atoms with Crippen molar-refractivity contribution >= 4 is 35.0 Å². The molecule has 0 bridgehead atoms. The van der Waals surface area contributed by atoms with Crippen LogP contribution in [0.1, 0.15) is 6.42 Å². The molecule has 0 aliphatic carbocycles. The molecule has 0 aromatic rings. The van der Waals surface area contributed by atoms with Crippen LogP contribution in [0, 0.1) is 0 Å². The van der Waals surface area contributed by atoms with E-state index < -0.39 is 0 Å². The van der Waals surface area contributed by atoms with Gasteiger partial charge in [-0.2, -0.15) is 0 Å². The molecule has 0 saturated carbocycles. The molecule has 0 atom stereocenters. The first-order chi connectivity index (χ1) is 3.30. The number of rotatable bonds is 0. The van der Waals surface area contributed by atoms with E-state index in [1.807, 2.05) is 0 Å². The highest BCUT2D eigenvalue weighted by molar-refractivity contribution is 8.04. The Morgan fingerprint density at radius 1 is 1.43 bits per heavy atom. The first-order valence-corrected chi connectivity index (χ1v) is 3.72. The zero-order chi connectivity index (χ0) is 5.28. The van der Waals surface area contributed by atoms with Crippen LogP contribution >= 0.6 is 35.0 Å². The molecule has 0 saturated heterocycles. The number of allylic oxidation sites excluding steroid dienone is 1. The first-order valence-electron chi connectivity index (χ1n) is 1.97. The molecular formula is C4H4Cl2S. The quantitative estimate of drug-likeness (QED) is 0.518. The van der Waals surface area contributed by atoms with Crippen molar-refractivity contribution in [1.82, 2.24) is 0 Å². The van der Waals surface area contributed by atoms with Crippen LogP contribution in [0.2, 0.25) is 0 Å². The fourth-order valence-corrected chi connectivity index (χ4v) is 1.85. The third-order valence-electron chi connectivity index (χ3n) is 0.764. The predicted molar refractivity (Wildman–Crippen MR) is 35.8 cm³/mol. The summed E-state index contributed by atoms with van der Waals surface area (Å²) >= 11 is 12.8. The third kappa shape index (κ3) is 1.28. The Morgan fingerprint density at radius 3 is 2.29 bits per heavy atom. The normalized spacial score (nSPS) is 21.4. The van der Waals surface area contributed by atoms with E-state index in [4.69, 9.17) is 23.2 Å². The lowest BCUT2D eigenvalue weighted by Crippen LogP contribution is -1.63. The summed E-state index contributed by atoms with van der Waals surface area (Å²) in [5.74, 6) is 1.05. The zero-order valence-corrected chi connectivity index (χ0v) is 5.91. The summed E-state index contributed by atoms with van der Waals surface area (Å²) in [6, 6.07) is 0. The van der Waals surface area contributed by atoms with Crippen LogP contribution in [0.25, 0.3) is 0 Å². The average molecular weight is 155 g/mol. The molecule has 0 amide bonds. The molecule has 0 nitrogen and oxygen atoms in total. The van der Waals surface area contributed by atoms with Gasteiger partial charge in [0.2, 0.25) is 0 Å². The molecule has 0 unspecified atom stereocenters. The van der Waals surface area contributed by atoms with Crippen molar-refractivity contribution in [3.63, 3.8) is 0 Å². The predicted octanol–water partition coefficient (Wildman–Crippen LogP) is 2.77. The molecule has 40 valence electrons. The molecule has 0 radical (unpaired) electrons. The van der Waals surface area contributed by atoms with Gasteiger partial charge in [-0.3, -0.25) is 0 Å². The van der Waals surface area contributed by atoms with Gasteiger partial charge in [-0.05, 0) is 6.42 Å². The van der Waals surface area contributed by atoms with Crippen LogP contribution in [-0.4, -0.2) is 5.75 Å². The summed E-state index contributed by atoms with van der Waals surface area (Å²) in [7, 11) is 0. The SMILES string of the molecule is ClC1=C(Cl)SCC1. The molecule has 1 heterocycles. The lowest BCUT2D eigenvalue weighted by atomic mass is 10.5. The highest BCUT2D eigenvalue weighted by Crippen LogP contribution is 2.35. The summed E-state index contributed by atoms with van der Waals surface area (Å²) in [5, 5.41) is 0.826. The highest BCUT2D eigenvalue weighted by Gasteiger charge is 2.09. The summed E-state index contributed by atoms with van der Waals surface area (Å²) in [5.41, 5.74) is 0. The smallest absolute Gasteiger partial charge is 0.0880 e. The van der Waals surface area contributed by atoms with Crippen molar-refractivity contribution < 1.29 is 0 Å². The van der Waals surface area contributed by atoms with E-state index in [9.17, 15) is 0 Å². The van der Waals surface area contributed by atoms with Gasteiger partial charge in [0.15, 0.2) is 0 Å². The summed E-state index contributed by atoms with van der Waals surface area (Å²) < 4.78 is 0.779. The van der Waals surface area contributed by atoms with Crippen LogP contribution in [-0.2, 0) is 0 Å². The second kappa shape index (κ2) is 2.29. The number of hydrogen-bond donors (Lipinski definition) is 0. The molecule has 7 heavy (non-hydrogen) atoms. The molecule has 0 aromatic carbocycles. The van der Waals surface area contributed by atoms with Gasteiger partial charge in [-0.25, -0.2) is 0 Å². The maximum absolute atomic E-state index is 5.59. The van der Waals surface area contributed by atoms with Crippen molar-refractivity contribution in [2.24, 2.45) is 0 Å². The van der Waals surface area contributed by atoms with Gasteiger partial charge in [-0.1, -0.05) is 23.2 Å². The second-order valence-corrected chi connectivity index (χ2v) is 3.44. The van der Waals surface area contributed by atoms with E-state index in [0.29, 0.717) is 0 Å². The van der Waals surface area contributed by atoms with Crippen LogP contribution in [0.5, 0.6) is 0 Å². The van der Waals surface area contributed by atoms with Crippen molar-refractivity contribution in [2.45, 2.75) is 6.42 Å². The summed E-state index contributed by atoms with van der Waals surface area (Å²) in [4.78, 5) is 0. The van der Waals surface area contributed by atoms with Gasteiger partial charge >= 0.3 is 0 Å². The fraction of sp³-hybridized carbons (Fsp3) is 0.500. The van der Waals surface area contributed by atoms with Crippen LogP contribution in [0.15, 0.2) is 9.40 Å². The molecule has 0 fully saturated rings. The first kappa shape index (κ1) is 5.80. The lowest BCUT2D eigenvalue weighted by molar-refractivity contribution is 1.24. The van der Waals surface area contributed by atoms with Gasteiger partial charge in [0.05, 0.1) is 4.36 Å². The maximum atomic E-state index is 5.59. The van der Waals surface area contributed by atoms with Crippen LogP contribution in [0.3, 0.4) is 0 Å². The Balaban J connectivity index is 2.64. The Labute approximate surface area is 56.9 Å². The van der Waals surface area contributed by atoms with Gasteiger partial charge in [0, 0.05) is 10.8 Å². The Morgan fingerprint density at radius 2 is 2.14 bits per heavy atom. The van der Waals surface area contributed by atoms with E-state index in [1.165, 1.54) is 0 Å². The molecule has 0 N–H and O–H groups in total. The van der Waals surface area contributed by atoms with Crippen molar-refractivity contribution in [3.05, 3.63) is 9.40 Å². The summed E-state index contributed by atoms with van der Waals surface area (Å²) in [6.45, 7) is 0. The Kier molecular flexibility index (Phi) is 1.90. The van der Waals surface area contributed by atoms with E-state index >= 15 is 0 Å². The van der Waals surface area contributed by atoms with E-state index in [2.05, 4.69) is 0 Å². The van der Waals surface area contributed by atoms with Crippen LogP contribution < -0.4 is 0 Å². The standard InChI is InChI=1S/C4H4Cl2S/c5-3-1-2-7-4(3)6/h1-2H2. The topological polar surface area (TPSA) is 0 Å². The minimum absolute atomic E-state index is 0.779. The highest BCUT2D eigenvalue weighted by atomic mass is 35.5. The fourth-order valence-electron chi connectivity index (χ4n) is 0.407. The zero-order valence-electron chi connectivity index (χ0n) is 3.58.